The van der Waals surface area contributed by atoms with Crippen molar-refractivity contribution in [1.82, 2.24) is 9.71 Å². The molecule has 1 aromatic heterocycles. The summed E-state index contributed by atoms with van der Waals surface area (Å²) in [6.07, 6.45) is 7.42. The molecule has 0 aliphatic heterocycles. The molecule has 1 heterocycles. The van der Waals surface area contributed by atoms with E-state index in [-0.39, 0.29) is 16.0 Å². The molecule has 7 heteroatoms. The summed E-state index contributed by atoms with van der Waals surface area (Å²) < 4.78 is 27.3. The molecule has 1 aliphatic carbocycles. The van der Waals surface area contributed by atoms with Crippen LogP contribution in [0.5, 0.6) is 0 Å². The Hall–Kier alpha value is -0.850. The van der Waals surface area contributed by atoms with Gasteiger partial charge < -0.3 is 4.98 Å². The molecular weight excluding hydrogens is 312 g/mol. The van der Waals surface area contributed by atoms with Crippen molar-refractivity contribution in [2.75, 3.05) is 0 Å². The number of aromatic nitrogens is 1. The molecule has 0 saturated heterocycles. The lowest BCUT2D eigenvalue weighted by atomic mass is 9.84. The fourth-order valence-corrected chi connectivity index (χ4v) is 4.39. The average Bonchev–Trinajstić information content (AvgIpc) is 2.44. The highest BCUT2D eigenvalue weighted by Gasteiger charge is 2.25. The Labute approximate surface area is 130 Å². The summed E-state index contributed by atoms with van der Waals surface area (Å²) in [4.78, 5) is 13.5. The number of sulfonamides is 1. The molecule has 0 unspecified atom stereocenters. The Morgan fingerprint density at radius 2 is 2.00 bits per heavy atom. The van der Waals surface area contributed by atoms with Gasteiger partial charge in [0.05, 0.1) is 4.90 Å². The van der Waals surface area contributed by atoms with Gasteiger partial charge in [0.15, 0.2) is 0 Å². The summed E-state index contributed by atoms with van der Waals surface area (Å²) in [6, 6.07) is 1.15. The first-order valence-corrected chi connectivity index (χ1v) is 9.19. The fraction of sp³-hybridized carbons (Fsp3) is 0.643. The summed E-state index contributed by atoms with van der Waals surface area (Å²) in [7, 11) is -3.63. The third-order valence-corrected chi connectivity index (χ3v) is 5.79. The predicted molar refractivity (Wildman–Crippen MR) is 83.0 cm³/mol. The summed E-state index contributed by atoms with van der Waals surface area (Å²) in [5.74, 6) is 0.721. The number of rotatable bonds is 5. The van der Waals surface area contributed by atoms with Crippen LogP contribution in [0.1, 0.15) is 45.4 Å². The van der Waals surface area contributed by atoms with Crippen molar-refractivity contribution in [2.24, 2.45) is 5.92 Å². The summed E-state index contributed by atoms with van der Waals surface area (Å²) in [5, 5.41) is -0.121. The number of nitrogens with one attached hydrogen (secondary N) is 2. The van der Waals surface area contributed by atoms with Gasteiger partial charge >= 0.3 is 0 Å². The van der Waals surface area contributed by atoms with Crippen LogP contribution in [0.15, 0.2) is 22.0 Å². The number of H-pyrrole nitrogens is 1. The van der Waals surface area contributed by atoms with E-state index in [1.165, 1.54) is 25.1 Å². The first kappa shape index (κ1) is 16.5. The lowest BCUT2D eigenvalue weighted by Gasteiger charge is -2.28. The van der Waals surface area contributed by atoms with Gasteiger partial charge in [-0.05, 0) is 37.7 Å². The molecule has 0 amide bonds. The van der Waals surface area contributed by atoms with Crippen LogP contribution in [0.4, 0.5) is 0 Å². The Morgan fingerprint density at radius 1 is 1.33 bits per heavy atom. The van der Waals surface area contributed by atoms with E-state index in [9.17, 15) is 13.2 Å². The number of hydrogen-bond donors (Lipinski definition) is 2. The van der Waals surface area contributed by atoms with Crippen LogP contribution in [0.25, 0.3) is 0 Å². The minimum Gasteiger partial charge on any atom is -0.326 e. The highest BCUT2D eigenvalue weighted by atomic mass is 35.5. The first-order valence-electron chi connectivity index (χ1n) is 7.33. The van der Waals surface area contributed by atoms with Gasteiger partial charge in [0.25, 0.3) is 5.56 Å². The first-order chi connectivity index (χ1) is 9.92. The summed E-state index contributed by atoms with van der Waals surface area (Å²) in [6.45, 7) is 2.18. The van der Waals surface area contributed by atoms with E-state index in [0.29, 0.717) is 0 Å². The molecule has 2 rings (SSSR count). The highest BCUT2D eigenvalue weighted by molar-refractivity contribution is 7.89. The smallest absolute Gasteiger partial charge is 0.266 e. The maximum atomic E-state index is 12.3. The number of aromatic amines is 1. The van der Waals surface area contributed by atoms with E-state index in [4.69, 9.17) is 11.6 Å². The van der Waals surface area contributed by atoms with E-state index >= 15 is 0 Å². The van der Waals surface area contributed by atoms with Crippen molar-refractivity contribution in [2.45, 2.75) is 56.4 Å². The van der Waals surface area contributed by atoms with Gasteiger partial charge in [-0.2, -0.15) is 0 Å². The third-order valence-electron chi connectivity index (χ3n) is 4.01. The lowest BCUT2D eigenvalue weighted by Crippen LogP contribution is -2.37. The molecule has 1 saturated carbocycles. The van der Waals surface area contributed by atoms with Crippen LogP contribution in [-0.2, 0) is 10.0 Å². The van der Waals surface area contributed by atoms with Crippen LogP contribution < -0.4 is 10.3 Å². The number of pyridine rings is 1. The van der Waals surface area contributed by atoms with E-state index in [1.54, 1.807) is 0 Å². The van der Waals surface area contributed by atoms with Crippen molar-refractivity contribution in [3.05, 3.63) is 27.6 Å². The molecular formula is C14H21ClN2O3S. The second-order valence-electron chi connectivity index (χ2n) is 5.64. The van der Waals surface area contributed by atoms with Crippen LogP contribution in [0, 0.1) is 5.92 Å². The Bertz CT molecular complexity index is 634. The second kappa shape index (κ2) is 6.94. The highest BCUT2D eigenvalue weighted by Crippen LogP contribution is 2.28. The molecule has 2 N–H and O–H groups in total. The Morgan fingerprint density at radius 3 is 2.57 bits per heavy atom. The SMILES string of the molecule is CCCC1CCC(NS(=O)(=O)c2c[nH]c(=O)c(Cl)c2)CC1. The summed E-state index contributed by atoms with van der Waals surface area (Å²) in [5.41, 5.74) is -0.490. The van der Waals surface area contributed by atoms with Crippen LogP contribution in [0.2, 0.25) is 5.02 Å². The second-order valence-corrected chi connectivity index (χ2v) is 7.76. The van der Waals surface area contributed by atoms with Gasteiger partial charge in [-0.15, -0.1) is 0 Å². The number of halogens is 1. The van der Waals surface area contributed by atoms with Gasteiger partial charge in [0.2, 0.25) is 10.0 Å². The molecule has 0 radical (unpaired) electrons. The maximum Gasteiger partial charge on any atom is 0.266 e. The minimum atomic E-state index is -3.63. The molecule has 0 spiro atoms. The average molecular weight is 333 g/mol. The van der Waals surface area contributed by atoms with E-state index in [2.05, 4.69) is 16.6 Å². The largest absolute Gasteiger partial charge is 0.326 e. The molecule has 5 nitrogen and oxygen atoms in total. The number of hydrogen-bond acceptors (Lipinski definition) is 3. The van der Waals surface area contributed by atoms with Crippen molar-refractivity contribution in [1.29, 1.82) is 0 Å². The molecule has 1 fully saturated rings. The van der Waals surface area contributed by atoms with Gasteiger partial charge in [0.1, 0.15) is 5.02 Å². The van der Waals surface area contributed by atoms with Crippen molar-refractivity contribution in [3.63, 3.8) is 0 Å². The van der Waals surface area contributed by atoms with Gasteiger partial charge in [0, 0.05) is 12.2 Å². The van der Waals surface area contributed by atoms with Crippen LogP contribution in [0.3, 0.4) is 0 Å². The Kier molecular flexibility index (Phi) is 5.46. The maximum absolute atomic E-state index is 12.3. The predicted octanol–water partition coefficient (Wildman–Crippen LogP) is 2.67. The van der Waals surface area contributed by atoms with Crippen LogP contribution in [-0.4, -0.2) is 19.4 Å². The molecule has 0 atom stereocenters. The standard InChI is InChI=1S/C14H21ClN2O3S/c1-2-3-10-4-6-11(7-5-10)17-21(19,20)12-8-13(15)14(18)16-9-12/h8-11,17H,2-7H2,1H3,(H,16,18). The normalized spacial score (nSPS) is 23.1. The molecule has 118 valence electrons. The minimum absolute atomic E-state index is 0.00258. The molecule has 21 heavy (non-hydrogen) atoms. The van der Waals surface area contributed by atoms with Crippen LogP contribution >= 0.6 is 11.6 Å². The zero-order chi connectivity index (χ0) is 15.5. The zero-order valence-electron chi connectivity index (χ0n) is 12.1. The van der Waals surface area contributed by atoms with Crippen molar-refractivity contribution < 1.29 is 8.42 Å². The van der Waals surface area contributed by atoms with Crippen molar-refractivity contribution in [3.8, 4) is 0 Å². The monoisotopic (exact) mass is 332 g/mol. The molecule has 1 aliphatic rings. The summed E-state index contributed by atoms with van der Waals surface area (Å²) >= 11 is 5.68. The van der Waals surface area contributed by atoms with Gasteiger partial charge in [-0.1, -0.05) is 31.4 Å². The van der Waals surface area contributed by atoms with Gasteiger partial charge in [-0.25, -0.2) is 13.1 Å². The quantitative estimate of drug-likeness (QED) is 0.870. The van der Waals surface area contributed by atoms with Crippen molar-refractivity contribution >= 4 is 21.6 Å². The zero-order valence-corrected chi connectivity index (χ0v) is 13.6. The van der Waals surface area contributed by atoms with E-state index < -0.39 is 15.6 Å². The topological polar surface area (TPSA) is 79.0 Å². The third kappa shape index (κ3) is 4.31. The van der Waals surface area contributed by atoms with E-state index in [1.807, 2.05) is 0 Å². The lowest BCUT2D eigenvalue weighted by molar-refractivity contribution is 0.297. The van der Waals surface area contributed by atoms with E-state index in [0.717, 1.165) is 31.6 Å². The Balaban J connectivity index is 2.02. The molecule has 1 aromatic rings. The van der Waals surface area contributed by atoms with Gasteiger partial charge in [-0.3, -0.25) is 4.79 Å². The fourth-order valence-electron chi connectivity index (χ4n) is 2.86. The molecule has 0 bridgehead atoms. The molecule has 0 aromatic carbocycles.